The second kappa shape index (κ2) is 14.6. The summed E-state index contributed by atoms with van der Waals surface area (Å²) in [6.07, 6.45) is 1.11. The maximum atomic E-state index is 12.6. The average Bonchev–Trinajstić information content (AvgIpc) is 2.68. The molecule has 0 aliphatic heterocycles. The lowest BCUT2D eigenvalue weighted by Crippen LogP contribution is -2.58. The maximum Gasteiger partial charge on any atom is 0.326 e. The Morgan fingerprint density at radius 3 is 1.94 bits per heavy atom. The molecular formula is C18H34N6O6S. The van der Waals surface area contributed by atoms with Crippen molar-refractivity contribution in [2.45, 2.75) is 63.7 Å². The number of hydrogen-bond acceptors (Lipinski definition) is 8. The van der Waals surface area contributed by atoms with Gasteiger partial charge in [0.25, 0.3) is 0 Å². The fourth-order valence-corrected chi connectivity index (χ4v) is 2.82. The zero-order valence-electron chi connectivity index (χ0n) is 17.8. The van der Waals surface area contributed by atoms with Crippen molar-refractivity contribution >= 4 is 42.2 Å². The molecule has 12 nitrogen and oxygen atoms in total. The van der Waals surface area contributed by atoms with Crippen molar-refractivity contribution < 1.29 is 29.1 Å². The van der Waals surface area contributed by atoms with E-state index in [1.807, 2.05) is 0 Å². The molecule has 0 aromatic carbocycles. The van der Waals surface area contributed by atoms with Crippen molar-refractivity contribution in [3.8, 4) is 0 Å². The highest BCUT2D eigenvalue weighted by atomic mass is 32.1. The van der Waals surface area contributed by atoms with Gasteiger partial charge in [0, 0.05) is 5.75 Å². The Morgan fingerprint density at radius 1 is 0.935 bits per heavy atom. The van der Waals surface area contributed by atoms with Crippen LogP contribution in [-0.4, -0.2) is 71.2 Å². The highest BCUT2D eigenvalue weighted by Gasteiger charge is 2.31. The lowest BCUT2D eigenvalue weighted by atomic mass is 10.0. The number of rotatable bonds is 15. The third-order valence-electron chi connectivity index (χ3n) is 4.39. The molecule has 178 valence electrons. The Labute approximate surface area is 186 Å². The molecular weight excluding hydrogens is 428 g/mol. The van der Waals surface area contributed by atoms with E-state index < -0.39 is 66.1 Å². The van der Waals surface area contributed by atoms with Crippen molar-refractivity contribution in [1.82, 2.24) is 16.0 Å². The van der Waals surface area contributed by atoms with E-state index in [4.69, 9.17) is 17.2 Å². The second-order valence-corrected chi connectivity index (χ2v) is 7.80. The van der Waals surface area contributed by atoms with Crippen LogP contribution in [0.5, 0.6) is 0 Å². The Morgan fingerprint density at radius 2 is 1.48 bits per heavy atom. The number of amides is 4. The molecule has 0 radical (unpaired) electrons. The number of carboxylic acids is 1. The lowest BCUT2D eigenvalue weighted by molar-refractivity contribution is -0.143. The van der Waals surface area contributed by atoms with Crippen molar-refractivity contribution in [3.05, 3.63) is 0 Å². The summed E-state index contributed by atoms with van der Waals surface area (Å²) in [5, 5.41) is 16.2. The van der Waals surface area contributed by atoms with Gasteiger partial charge in [-0.25, -0.2) is 4.79 Å². The van der Waals surface area contributed by atoms with E-state index in [1.54, 1.807) is 13.8 Å². The summed E-state index contributed by atoms with van der Waals surface area (Å²) in [6.45, 7) is 3.68. The third kappa shape index (κ3) is 11.0. The first-order valence-corrected chi connectivity index (χ1v) is 10.6. The normalized spacial score (nSPS) is 14.8. The minimum atomic E-state index is -1.36. The molecule has 31 heavy (non-hydrogen) atoms. The van der Waals surface area contributed by atoms with E-state index >= 15 is 0 Å². The first-order valence-electron chi connectivity index (χ1n) is 9.93. The highest BCUT2D eigenvalue weighted by molar-refractivity contribution is 7.80. The summed E-state index contributed by atoms with van der Waals surface area (Å²) in [5.41, 5.74) is 16.3. The summed E-state index contributed by atoms with van der Waals surface area (Å²) >= 11 is 4.01. The minimum absolute atomic E-state index is 0.155. The number of carbonyl (C=O) groups is 5. The van der Waals surface area contributed by atoms with E-state index in [0.29, 0.717) is 25.8 Å². The summed E-state index contributed by atoms with van der Waals surface area (Å²) in [7, 11) is 0. The van der Waals surface area contributed by atoms with Crippen LogP contribution in [0.1, 0.15) is 39.5 Å². The molecule has 13 heteroatoms. The molecule has 0 saturated heterocycles. The van der Waals surface area contributed by atoms with Crippen LogP contribution in [0.15, 0.2) is 0 Å². The topological polar surface area (TPSA) is 220 Å². The van der Waals surface area contributed by atoms with Gasteiger partial charge in [0.15, 0.2) is 0 Å². The number of thiol groups is 1. The van der Waals surface area contributed by atoms with Crippen LogP contribution in [0.2, 0.25) is 0 Å². The number of unbranched alkanes of at least 4 members (excludes halogenated alkanes) is 1. The lowest BCUT2D eigenvalue weighted by Gasteiger charge is -2.25. The zero-order valence-corrected chi connectivity index (χ0v) is 18.7. The number of nitrogens with one attached hydrogen (secondary N) is 3. The first kappa shape index (κ1) is 28.6. The zero-order chi connectivity index (χ0) is 24.1. The molecule has 0 spiro atoms. The van der Waals surface area contributed by atoms with E-state index in [-0.39, 0.29) is 5.75 Å². The van der Waals surface area contributed by atoms with Crippen molar-refractivity contribution in [3.63, 3.8) is 0 Å². The van der Waals surface area contributed by atoms with E-state index in [9.17, 15) is 29.1 Å². The minimum Gasteiger partial charge on any atom is -0.480 e. The summed E-state index contributed by atoms with van der Waals surface area (Å²) in [4.78, 5) is 59.9. The number of carboxylic acid groups (broad SMARTS) is 1. The van der Waals surface area contributed by atoms with E-state index in [1.165, 1.54) is 0 Å². The van der Waals surface area contributed by atoms with Gasteiger partial charge >= 0.3 is 5.97 Å². The Hall–Kier alpha value is -2.38. The van der Waals surface area contributed by atoms with Crippen molar-refractivity contribution in [1.29, 1.82) is 0 Å². The molecule has 4 atom stereocenters. The summed E-state index contributed by atoms with van der Waals surface area (Å²) in [5.74, 6) is -4.92. The van der Waals surface area contributed by atoms with Crippen molar-refractivity contribution in [2.75, 3.05) is 12.3 Å². The molecule has 0 saturated carbocycles. The summed E-state index contributed by atoms with van der Waals surface area (Å²) in [6, 6.07) is -4.65. The van der Waals surface area contributed by atoms with Gasteiger partial charge in [-0.3, -0.25) is 19.2 Å². The van der Waals surface area contributed by atoms with Crippen LogP contribution in [-0.2, 0) is 24.0 Å². The van der Waals surface area contributed by atoms with Gasteiger partial charge < -0.3 is 38.3 Å². The number of aliphatic carboxylic acids is 1. The molecule has 10 N–H and O–H groups in total. The Bertz CT molecular complexity index is 647. The molecule has 0 aliphatic carbocycles. The highest BCUT2D eigenvalue weighted by Crippen LogP contribution is 2.04. The Balaban J connectivity index is 5.17. The van der Waals surface area contributed by atoms with Crippen molar-refractivity contribution in [2.24, 2.45) is 23.1 Å². The molecule has 0 rings (SSSR count). The monoisotopic (exact) mass is 462 g/mol. The first-order chi connectivity index (χ1) is 14.4. The van der Waals surface area contributed by atoms with Gasteiger partial charge in [0.1, 0.15) is 18.1 Å². The van der Waals surface area contributed by atoms with Gasteiger partial charge in [-0.1, -0.05) is 20.3 Å². The van der Waals surface area contributed by atoms with Gasteiger partial charge in [-0.2, -0.15) is 12.6 Å². The van der Waals surface area contributed by atoms with E-state index in [2.05, 4.69) is 28.6 Å². The number of hydrogen-bond donors (Lipinski definition) is 8. The number of primary amides is 1. The van der Waals surface area contributed by atoms with E-state index in [0.717, 1.165) is 0 Å². The fraction of sp³-hybridized carbons (Fsp3) is 0.722. The molecule has 4 unspecified atom stereocenters. The standard InChI is InChI=1S/C18H34N6O6S/c1-9(2)14(18(29)30)24-17(28)12(8-31)23-16(27)11(7-13(21)25)22-15(26)10(20)5-3-4-6-19/h9-12,14,31H,3-8,19-20H2,1-2H3,(H2,21,25)(H,22,26)(H,23,27)(H,24,28)(H,29,30). The van der Waals surface area contributed by atoms with Crippen LogP contribution in [0.3, 0.4) is 0 Å². The molecule has 0 bridgehead atoms. The Kier molecular flexibility index (Phi) is 13.5. The van der Waals surface area contributed by atoms with Crippen LogP contribution in [0.25, 0.3) is 0 Å². The van der Waals surface area contributed by atoms with Gasteiger partial charge in [0.2, 0.25) is 23.6 Å². The molecule has 0 aromatic heterocycles. The second-order valence-electron chi connectivity index (χ2n) is 7.43. The largest absolute Gasteiger partial charge is 0.480 e. The SMILES string of the molecule is CC(C)C(NC(=O)C(CS)NC(=O)C(CC(N)=O)NC(=O)C(N)CCCCN)C(=O)O. The number of carbonyl (C=O) groups excluding carboxylic acids is 4. The van der Waals surface area contributed by atoms with Crippen LogP contribution < -0.4 is 33.2 Å². The quantitative estimate of drug-likeness (QED) is 0.0953. The molecule has 0 aliphatic rings. The van der Waals surface area contributed by atoms with Gasteiger partial charge in [0.05, 0.1) is 12.5 Å². The fourth-order valence-electron chi connectivity index (χ4n) is 2.56. The smallest absolute Gasteiger partial charge is 0.326 e. The van der Waals surface area contributed by atoms with Crippen LogP contribution in [0.4, 0.5) is 0 Å². The van der Waals surface area contributed by atoms with Gasteiger partial charge in [-0.05, 0) is 25.3 Å². The van der Waals surface area contributed by atoms with Crippen LogP contribution in [0, 0.1) is 5.92 Å². The summed E-state index contributed by atoms with van der Waals surface area (Å²) < 4.78 is 0. The predicted octanol–water partition coefficient (Wildman–Crippen LogP) is -2.56. The average molecular weight is 463 g/mol. The molecule has 0 heterocycles. The molecule has 0 fully saturated rings. The maximum absolute atomic E-state index is 12.6. The number of nitrogens with two attached hydrogens (primary N) is 3. The van der Waals surface area contributed by atoms with Gasteiger partial charge in [-0.15, -0.1) is 0 Å². The molecule has 4 amide bonds. The van der Waals surface area contributed by atoms with Crippen LogP contribution >= 0.6 is 12.6 Å². The molecule has 0 aromatic rings. The predicted molar refractivity (Wildman–Crippen MR) is 117 cm³/mol. The third-order valence-corrected chi connectivity index (χ3v) is 4.76.